The summed E-state index contributed by atoms with van der Waals surface area (Å²) in [6.07, 6.45) is 9.99. The van der Waals surface area contributed by atoms with Crippen molar-refractivity contribution in [1.29, 1.82) is 0 Å². The Morgan fingerprint density at radius 2 is 1.50 bits per heavy atom. The summed E-state index contributed by atoms with van der Waals surface area (Å²) in [5.74, 6) is 0.588. The molecule has 0 radical (unpaired) electrons. The first kappa shape index (κ1) is 27.8. The smallest absolute Gasteiger partial charge is 0.328 e. The van der Waals surface area contributed by atoms with Crippen LogP contribution in [0.1, 0.15) is 89.3 Å². The number of unbranched alkanes of at least 4 members (excludes halogenated alkanes) is 4. The van der Waals surface area contributed by atoms with Crippen molar-refractivity contribution in [2.75, 3.05) is 20.3 Å². The highest BCUT2D eigenvalue weighted by Crippen LogP contribution is 2.50. The van der Waals surface area contributed by atoms with Gasteiger partial charge in [-0.3, -0.25) is 0 Å². The van der Waals surface area contributed by atoms with Gasteiger partial charge in [0.25, 0.3) is 0 Å². The Morgan fingerprint density at radius 1 is 0.889 bits per heavy atom. The van der Waals surface area contributed by atoms with Crippen molar-refractivity contribution in [3.63, 3.8) is 0 Å². The van der Waals surface area contributed by atoms with Gasteiger partial charge in [-0.25, -0.2) is 4.79 Å². The lowest BCUT2D eigenvalue weighted by molar-refractivity contribution is -0.131. The summed E-state index contributed by atoms with van der Waals surface area (Å²) < 4.78 is 12.2. The Labute approximate surface area is 216 Å². The van der Waals surface area contributed by atoms with Gasteiger partial charge in [0.2, 0.25) is 0 Å². The summed E-state index contributed by atoms with van der Waals surface area (Å²) in [5, 5.41) is 18.1. The van der Waals surface area contributed by atoms with E-state index in [1.165, 1.54) is 11.1 Å². The zero-order valence-corrected chi connectivity index (χ0v) is 22.5. The maximum atomic E-state index is 11.1. The average Bonchev–Trinajstić information content (AvgIpc) is 2.84. The number of aliphatic hydroxyl groups excluding tert-OH is 1. The molecule has 5 heteroatoms. The topological polar surface area (TPSA) is 76.0 Å². The lowest BCUT2D eigenvalue weighted by Gasteiger charge is -2.42. The van der Waals surface area contributed by atoms with Gasteiger partial charge in [0, 0.05) is 23.8 Å². The molecule has 0 aliphatic heterocycles. The number of carboxylic acid groups (broad SMARTS) is 1. The average molecular weight is 495 g/mol. The van der Waals surface area contributed by atoms with Crippen LogP contribution in [0.15, 0.2) is 36.4 Å². The van der Waals surface area contributed by atoms with Crippen LogP contribution in [0, 0.1) is 0 Å². The molecule has 0 bridgehead atoms. The van der Waals surface area contributed by atoms with Crippen LogP contribution in [0.3, 0.4) is 0 Å². The standard InChI is InChI=1S/C31H42O5/c1-30(2)15-16-31(3,4)26-21-28(36-18-10-8-6-7-9-17-32)24(20-25(26)30)23-19-22(12-14-29(33)34)11-13-27(23)35-5/h11-14,19-21,32H,6-10,15-18H2,1-5H3,(H,33,34). The summed E-state index contributed by atoms with van der Waals surface area (Å²) in [6.45, 7) is 10.1. The monoisotopic (exact) mass is 494 g/mol. The molecule has 2 aromatic carbocycles. The van der Waals surface area contributed by atoms with E-state index in [-0.39, 0.29) is 17.4 Å². The summed E-state index contributed by atoms with van der Waals surface area (Å²) in [5.41, 5.74) is 5.42. The van der Waals surface area contributed by atoms with Crippen molar-refractivity contribution in [3.8, 4) is 22.6 Å². The zero-order chi connectivity index (χ0) is 26.3. The van der Waals surface area contributed by atoms with E-state index in [9.17, 15) is 4.79 Å². The second-order valence-electron chi connectivity index (χ2n) is 11.1. The van der Waals surface area contributed by atoms with Crippen LogP contribution in [0.5, 0.6) is 11.5 Å². The predicted octanol–water partition coefficient (Wildman–Crippen LogP) is 7.13. The van der Waals surface area contributed by atoms with Gasteiger partial charge in [0.05, 0.1) is 13.7 Å². The number of aliphatic carboxylic acids is 1. The molecule has 0 amide bonds. The van der Waals surface area contributed by atoms with Crippen molar-refractivity contribution in [2.24, 2.45) is 0 Å². The first-order valence-electron chi connectivity index (χ1n) is 13.1. The van der Waals surface area contributed by atoms with Crippen LogP contribution < -0.4 is 9.47 Å². The number of aliphatic hydroxyl groups is 1. The zero-order valence-electron chi connectivity index (χ0n) is 22.5. The molecule has 196 valence electrons. The maximum Gasteiger partial charge on any atom is 0.328 e. The minimum Gasteiger partial charge on any atom is -0.496 e. The highest BCUT2D eigenvalue weighted by molar-refractivity contribution is 5.86. The van der Waals surface area contributed by atoms with Crippen LogP contribution in [0.4, 0.5) is 0 Å². The van der Waals surface area contributed by atoms with Crippen LogP contribution in [0.2, 0.25) is 0 Å². The van der Waals surface area contributed by atoms with Crippen LogP contribution in [-0.2, 0) is 15.6 Å². The van der Waals surface area contributed by atoms with Gasteiger partial charge < -0.3 is 19.7 Å². The van der Waals surface area contributed by atoms with Crippen LogP contribution in [-0.4, -0.2) is 36.5 Å². The number of carboxylic acids is 1. The van der Waals surface area contributed by atoms with E-state index in [4.69, 9.17) is 19.7 Å². The lowest BCUT2D eigenvalue weighted by Crippen LogP contribution is -2.34. The number of hydrogen-bond acceptors (Lipinski definition) is 4. The van der Waals surface area contributed by atoms with Gasteiger partial charge in [0.15, 0.2) is 0 Å². The molecule has 0 aromatic heterocycles. The fraction of sp³-hybridized carbons (Fsp3) is 0.516. The van der Waals surface area contributed by atoms with E-state index < -0.39 is 5.97 Å². The number of ether oxygens (including phenoxy) is 2. The number of methoxy groups -OCH3 is 1. The Balaban J connectivity index is 2.06. The Kier molecular flexibility index (Phi) is 9.24. The van der Waals surface area contributed by atoms with Gasteiger partial charge in [0.1, 0.15) is 11.5 Å². The van der Waals surface area contributed by atoms with E-state index in [0.717, 1.165) is 79.2 Å². The highest BCUT2D eigenvalue weighted by Gasteiger charge is 2.38. The van der Waals surface area contributed by atoms with E-state index in [0.29, 0.717) is 6.61 Å². The fourth-order valence-corrected chi connectivity index (χ4v) is 5.06. The molecule has 5 nitrogen and oxygen atoms in total. The number of hydrogen-bond donors (Lipinski definition) is 2. The predicted molar refractivity (Wildman–Crippen MR) is 146 cm³/mol. The van der Waals surface area contributed by atoms with Crippen LogP contribution in [0.25, 0.3) is 17.2 Å². The van der Waals surface area contributed by atoms with Crippen LogP contribution >= 0.6 is 0 Å². The second-order valence-corrected chi connectivity index (χ2v) is 11.1. The summed E-state index contributed by atoms with van der Waals surface area (Å²) >= 11 is 0. The van der Waals surface area contributed by atoms with Gasteiger partial charge in [-0.15, -0.1) is 0 Å². The van der Waals surface area contributed by atoms with E-state index >= 15 is 0 Å². The van der Waals surface area contributed by atoms with E-state index in [1.807, 2.05) is 18.2 Å². The quantitative estimate of drug-likeness (QED) is 0.242. The highest BCUT2D eigenvalue weighted by atomic mass is 16.5. The third-order valence-electron chi connectivity index (χ3n) is 7.45. The van der Waals surface area contributed by atoms with Crippen molar-refractivity contribution in [1.82, 2.24) is 0 Å². The van der Waals surface area contributed by atoms with E-state index in [2.05, 4.69) is 39.8 Å². The molecule has 1 aliphatic carbocycles. The summed E-state index contributed by atoms with van der Waals surface area (Å²) in [4.78, 5) is 11.1. The second kappa shape index (κ2) is 12.0. The Hall–Kier alpha value is -2.79. The van der Waals surface area contributed by atoms with Crippen molar-refractivity contribution in [2.45, 2.75) is 83.5 Å². The Bertz CT molecular complexity index is 1080. The molecule has 0 saturated carbocycles. The molecule has 1 aliphatic rings. The number of fused-ring (bicyclic) bond motifs is 1. The molecule has 0 atom stereocenters. The van der Waals surface area contributed by atoms with Crippen molar-refractivity contribution in [3.05, 3.63) is 53.1 Å². The lowest BCUT2D eigenvalue weighted by atomic mass is 9.62. The molecule has 0 heterocycles. The normalized spacial score (nSPS) is 16.1. The molecule has 0 spiro atoms. The van der Waals surface area contributed by atoms with Gasteiger partial charge >= 0.3 is 5.97 Å². The Morgan fingerprint density at radius 3 is 2.14 bits per heavy atom. The van der Waals surface area contributed by atoms with E-state index in [1.54, 1.807) is 13.2 Å². The first-order chi connectivity index (χ1) is 17.1. The van der Waals surface area contributed by atoms with Gasteiger partial charge in [-0.2, -0.15) is 0 Å². The molecule has 2 N–H and O–H groups in total. The van der Waals surface area contributed by atoms with Gasteiger partial charge in [-0.1, -0.05) is 53.0 Å². The van der Waals surface area contributed by atoms with Gasteiger partial charge in [-0.05, 0) is 83.5 Å². The molecule has 3 rings (SSSR count). The molecular formula is C31H42O5. The molecule has 0 unspecified atom stereocenters. The molecule has 0 fully saturated rings. The van der Waals surface area contributed by atoms with Crippen molar-refractivity contribution >= 4 is 12.0 Å². The number of carbonyl (C=O) groups is 1. The molecular weight excluding hydrogens is 452 g/mol. The fourth-order valence-electron chi connectivity index (χ4n) is 5.06. The third-order valence-corrected chi connectivity index (χ3v) is 7.45. The summed E-state index contributed by atoms with van der Waals surface area (Å²) in [7, 11) is 1.66. The maximum absolute atomic E-state index is 11.1. The molecule has 2 aromatic rings. The minimum absolute atomic E-state index is 0.0406. The van der Waals surface area contributed by atoms with Crippen molar-refractivity contribution < 1.29 is 24.5 Å². The first-order valence-corrected chi connectivity index (χ1v) is 13.1. The number of benzene rings is 2. The third kappa shape index (κ3) is 6.70. The molecule has 36 heavy (non-hydrogen) atoms. The largest absolute Gasteiger partial charge is 0.496 e. The molecule has 0 saturated heterocycles. The summed E-state index contributed by atoms with van der Waals surface area (Å²) in [6, 6.07) is 10.2. The minimum atomic E-state index is -0.979. The number of rotatable bonds is 12. The SMILES string of the molecule is COc1ccc(C=CC(=O)O)cc1-c1cc2c(cc1OCCCCCCCO)C(C)(C)CCC2(C)C.